The molecule has 0 radical (unpaired) electrons. The summed E-state index contributed by atoms with van der Waals surface area (Å²) in [5.74, 6) is 0. The van der Waals surface area contributed by atoms with E-state index in [9.17, 15) is 0 Å². The maximum absolute atomic E-state index is 6.00. The van der Waals surface area contributed by atoms with Crippen LogP contribution in [0.15, 0.2) is 0 Å². The fourth-order valence-electron chi connectivity index (χ4n) is 2.98. The molecule has 0 bridgehead atoms. The van der Waals surface area contributed by atoms with Crippen LogP contribution in [0.25, 0.3) is 0 Å². The van der Waals surface area contributed by atoms with Gasteiger partial charge < -0.3 is 38.0 Å². The van der Waals surface area contributed by atoms with Crippen LogP contribution < -0.4 is 11.5 Å². The zero-order chi connectivity index (χ0) is 24.3. The molecular weight excluding hydrogens is 432 g/mol. The third-order valence-corrected chi connectivity index (χ3v) is 10.3. The second-order valence-corrected chi connectivity index (χ2v) is 13.3. The summed E-state index contributed by atoms with van der Waals surface area (Å²) >= 11 is 0. The quantitative estimate of drug-likeness (QED) is 0.282. The standard InChI is InChI=1S/C12H29NO3Si.C9H23NO3Si/c1-10(2)14-17(9-7-8-13,15-11(3)4)16-12(5)6;1-4-11-14(12-5-2,13-6-3)9-7-8-10/h10-12H,7-9,13H2,1-6H3;4-10H2,1-3H3. The SMILES string of the molecule is CC(C)O[Si](CCCN)(OC(C)C)OC(C)C.CCO[Si](CCCN)(OCC)OCC. The topological polar surface area (TPSA) is 107 Å². The molecule has 10 heteroatoms. The monoisotopic (exact) mass is 484 g/mol. The third kappa shape index (κ3) is 17.3. The highest BCUT2D eigenvalue weighted by Gasteiger charge is 2.43. The van der Waals surface area contributed by atoms with Gasteiger partial charge in [0.25, 0.3) is 0 Å². The largest absolute Gasteiger partial charge is 0.501 e. The van der Waals surface area contributed by atoms with Crippen molar-refractivity contribution in [1.29, 1.82) is 0 Å². The second-order valence-electron chi connectivity index (χ2n) is 7.95. The van der Waals surface area contributed by atoms with Gasteiger partial charge in [-0.1, -0.05) is 0 Å². The molecule has 0 fully saturated rings. The van der Waals surface area contributed by atoms with Crippen LogP contribution in [0.1, 0.15) is 75.2 Å². The van der Waals surface area contributed by atoms with E-state index in [1.54, 1.807) is 0 Å². The summed E-state index contributed by atoms with van der Waals surface area (Å²) < 4.78 is 35.0. The molecule has 0 aromatic rings. The maximum atomic E-state index is 6.00. The predicted octanol–water partition coefficient (Wildman–Crippen LogP) is 3.93. The number of nitrogens with two attached hydrogens (primary N) is 2. The molecule has 190 valence electrons. The van der Waals surface area contributed by atoms with Gasteiger partial charge in [-0.3, -0.25) is 0 Å². The van der Waals surface area contributed by atoms with Crippen LogP contribution in [0.3, 0.4) is 0 Å². The minimum atomic E-state index is -2.59. The molecule has 0 aliphatic carbocycles. The number of hydrogen-bond acceptors (Lipinski definition) is 8. The van der Waals surface area contributed by atoms with E-state index in [4.69, 9.17) is 38.0 Å². The Labute approximate surface area is 194 Å². The minimum absolute atomic E-state index is 0.108. The maximum Gasteiger partial charge on any atom is 0.501 e. The number of rotatable bonds is 18. The van der Waals surface area contributed by atoms with Gasteiger partial charge in [-0.05, 0) is 88.2 Å². The van der Waals surface area contributed by atoms with Crippen molar-refractivity contribution >= 4 is 17.6 Å². The molecule has 31 heavy (non-hydrogen) atoms. The Morgan fingerprint density at radius 2 is 0.839 bits per heavy atom. The highest BCUT2D eigenvalue weighted by Crippen LogP contribution is 2.23. The van der Waals surface area contributed by atoms with Crippen molar-refractivity contribution in [1.82, 2.24) is 0 Å². The van der Waals surface area contributed by atoms with Crippen LogP contribution in [0.4, 0.5) is 0 Å². The van der Waals surface area contributed by atoms with E-state index < -0.39 is 17.6 Å². The van der Waals surface area contributed by atoms with E-state index in [1.807, 2.05) is 62.3 Å². The van der Waals surface area contributed by atoms with Gasteiger partial charge in [0.1, 0.15) is 0 Å². The van der Waals surface area contributed by atoms with Gasteiger partial charge in [0.2, 0.25) is 0 Å². The lowest BCUT2D eigenvalue weighted by molar-refractivity contribution is 0.00299. The molecule has 8 nitrogen and oxygen atoms in total. The molecule has 0 atom stereocenters. The van der Waals surface area contributed by atoms with Gasteiger partial charge in [-0.2, -0.15) is 0 Å². The van der Waals surface area contributed by atoms with Crippen molar-refractivity contribution in [3.63, 3.8) is 0 Å². The van der Waals surface area contributed by atoms with Gasteiger partial charge in [0.05, 0.1) is 0 Å². The predicted molar refractivity (Wildman–Crippen MR) is 132 cm³/mol. The van der Waals surface area contributed by atoms with Gasteiger partial charge in [-0.15, -0.1) is 0 Å². The Morgan fingerprint density at radius 3 is 1.06 bits per heavy atom. The lowest BCUT2D eigenvalue weighted by Gasteiger charge is -2.34. The Morgan fingerprint density at radius 1 is 0.548 bits per heavy atom. The zero-order valence-electron chi connectivity index (χ0n) is 21.7. The van der Waals surface area contributed by atoms with E-state index in [0.29, 0.717) is 32.9 Å². The summed E-state index contributed by atoms with van der Waals surface area (Å²) in [4.78, 5) is 0. The van der Waals surface area contributed by atoms with Crippen LogP contribution >= 0.6 is 0 Å². The van der Waals surface area contributed by atoms with Crippen LogP contribution in [0.2, 0.25) is 12.1 Å². The molecule has 4 N–H and O–H groups in total. The normalized spacial score (nSPS) is 12.6. The van der Waals surface area contributed by atoms with Gasteiger partial charge in [-0.25, -0.2) is 0 Å². The summed E-state index contributed by atoms with van der Waals surface area (Å²) in [6.45, 7) is 21.2. The summed E-state index contributed by atoms with van der Waals surface area (Å²) in [5.41, 5.74) is 11.1. The van der Waals surface area contributed by atoms with E-state index >= 15 is 0 Å². The first-order valence-electron chi connectivity index (χ1n) is 11.9. The van der Waals surface area contributed by atoms with Crippen molar-refractivity contribution in [3.05, 3.63) is 0 Å². The minimum Gasteiger partial charge on any atom is -0.374 e. The summed E-state index contributed by atoms with van der Waals surface area (Å²) in [5, 5.41) is 0. The molecule has 0 spiro atoms. The molecule has 0 aliphatic heterocycles. The van der Waals surface area contributed by atoms with E-state index in [0.717, 1.165) is 24.9 Å². The van der Waals surface area contributed by atoms with E-state index in [1.165, 1.54) is 0 Å². The Kier molecular flexibility index (Phi) is 21.0. The first-order valence-corrected chi connectivity index (χ1v) is 15.8. The van der Waals surface area contributed by atoms with Gasteiger partial charge in [0.15, 0.2) is 0 Å². The molecule has 0 aliphatic rings. The summed E-state index contributed by atoms with van der Waals surface area (Å²) in [7, 11) is -4.98. The second kappa shape index (κ2) is 19.6. The first kappa shape index (κ1) is 33.3. The molecule has 0 aromatic carbocycles. The fourth-order valence-corrected chi connectivity index (χ4v) is 8.93. The molecule has 0 aromatic heterocycles. The molecular formula is C21H52N2O6Si2. The van der Waals surface area contributed by atoms with Crippen molar-refractivity contribution in [2.45, 2.75) is 106 Å². The third-order valence-electron chi connectivity index (χ3n) is 3.71. The Bertz CT molecular complexity index is 361. The molecule has 0 amide bonds. The lowest BCUT2D eigenvalue weighted by atomic mass is 10.5. The van der Waals surface area contributed by atoms with E-state index in [-0.39, 0.29) is 18.3 Å². The van der Waals surface area contributed by atoms with Crippen LogP contribution in [-0.2, 0) is 26.6 Å². The van der Waals surface area contributed by atoms with Crippen LogP contribution in [0, 0.1) is 0 Å². The van der Waals surface area contributed by atoms with Crippen molar-refractivity contribution in [3.8, 4) is 0 Å². The fraction of sp³-hybridized carbons (Fsp3) is 1.00. The summed E-state index contributed by atoms with van der Waals surface area (Å²) in [6.07, 6.45) is 2.09. The zero-order valence-corrected chi connectivity index (χ0v) is 23.7. The summed E-state index contributed by atoms with van der Waals surface area (Å²) in [6, 6.07) is 1.61. The lowest BCUT2D eigenvalue weighted by Crippen LogP contribution is -2.50. The molecule has 0 heterocycles. The smallest absolute Gasteiger partial charge is 0.374 e. The molecule has 0 rings (SSSR count). The van der Waals surface area contributed by atoms with Crippen LogP contribution in [-0.4, -0.2) is 68.8 Å². The molecule has 0 unspecified atom stereocenters. The van der Waals surface area contributed by atoms with E-state index in [2.05, 4.69) is 0 Å². The Balaban J connectivity index is 0. The highest BCUT2D eigenvalue weighted by molar-refractivity contribution is 6.61. The van der Waals surface area contributed by atoms with Crippen molar-refractivity contribution < 1.29 is 26.6 Å². The average molecular weight is 485 g/mol. The first-order chi connectivity index (χ1) is 14.6. The van der Waals surface area contributed by atoms with Gasteiger partial charge >= 0.3 is 17.6 Å². The van der Waals surface area contributed by atoms with Crippen molar-refractivity contribution in [2.75, 3.05) is 32.9 Å². The number of hydrogen-bond donors (Lipinski definition) is 2. The van der Waals surface area contributed by atoms with Crippen LogP contribution in [0.5, 0.6) is 0 Å². The molecule has 0 saturated carbocycles. The molecule has 0 saturated heterocycles. The Hall–Kier alpha value is 0.114. The van der Waals surface area contributed by atoms with Crippen molar-refractivity contribution in [2.24, 2.45) is 11.5 Å². The highest BCUT2D eigenvalue weighted by atomic mass is 28.4. The average Bonchev–Trinajstić information content (AvgIpc) is 2.64. The van der Waals surface area contributed by atoms with Gasteiger partial charge in [0, 0.05) is 50.2 Å².